The largest absolute Gasteiger partial charge is 0.416 e. The van der Waals surface area contributed by atoms with Gasteiger partial charge in [0.15, 0.2) is 0 Å². The number of aryl methyl sites for hydroxylation is 1. The normalized spacial score (nSPS) is 21.0. The Balaban J connectivity index is 1.84. The van der Waals surface area contributed by atoms with Crippen LogP contribution in [0, 0.1) is 6.92 Å². The average molecular weight is 355 g/mol. The van der Waals surface area contributed by atoms with E-state index in [1.54, 1.807) is 13.0 Å². The number of benzene rings is 1. The first-order valence-corrected chi connectivity index (χ1v) is 8.41. The van der Waals surface area contributed by atoms with Crippen LogP contribution in [0.25, 0.3) is 0 Å². The zero-order valence-electron chi connectivity index (χ0n) is 12.9. The van der Waals surface area contributed by atoms with Crippen molar-refractivity contribution in [2.75, 3.05) is 0 Å². The van der Waals surface area contributed by atoms with Crippen LogP contribution in [0.5, 0.6) is 0 Å². The molecule has 1 saturated carbocycles. The minimum Gasteiger partial charge on any atom is -0.348 e. The average Bonchev–Trinajstić information content (AvgIpc) is 3.15. The van der Waals surface area contributed by atoms with Crippen molar-refractivity contribution >= 4 is 17.4 Å². The van der Waals surface area contributed by atoms with Crippen LogP contribution in [0.1, 0.15) is 51.7 Å². The number of carbonyl (C=O) groups is 1. The zero-order valence-corrected chi connectivity index (χ0v) is 13.7. The van der Waals surface area contributed by atoms with Crippen molar-refractivity contribution in [2.24, 2.45) is 0 Å². The molecule has 4 nitrogen and oxygen atoms in total. The summed E-state index contributed by atoms with van der Waals surface area (Å²) in [7, 11) is 0. The van der Waals surface area contributed by atoms with Gasteiger partial charge in [-0.05, 0) is 42.9 Å². The highest BCUT2D eigenvalue weighted by Crippen LogP contribution is 2.41. The van der Waals surface area contributed by atoms with E-state index in [9.17, 15) is 18.0 Å². The number of halogens is 3. The Kier molecular flexibility index (Phi) is 4.58. The van der Waals surface area contributed by atoms with Crippen LogP contribution in [0.2, 0.25) is 0 Å². The van der Waals surface area contributed by atoms with Crippen LogP contribution < -0.4 is 5.32 Å². The Labute approximate surface area is 141 Å². The van der Waals surface area contributed by atoms with E-state index in [-0.39, 0.29) is 23.4 Å². The predicted octanol–water partition coefficient (Wildman–Crippen LogP) is 3.93. The van der Waals surface area contributed by atoms with Crippen LogP contribution >= 0.6 is 11.5 Å². The lowest BCUT2D eigenvalue weighted by atomic mass is 9.89. The molecule has 2 atom stereocenters. The van der Waals surface area contributed by atoms with Crippen molar-refractivity contribution in [3.63, 3.8) is 0 Å². The van der Waals surface area contributed by atoms with Gasteiger partial charge in [-0.3, -0.25) is 4.79 Å². The van der Waals surface area contributed by atoms with Gasteiger partial charge in [0.1, 0.15) is 4.88 Å². The van der Waals surface area contributed by atoms with Crippen molar-refractivity contribution in [3.05, 3.63) is 46.0 Å². The highest BCUT2D eigenvalue weighted by atomic mass is 32.1. The maximum absolute atomic E-state index is 13.3. The number of amides is 1. The van der Waals surface area contributed by atoms with Gasteiger partial charge in [0.05, 0.1) is 11.3 Å². The second-order valence-corrected chi connectivity index (χ2v) is 6.64. The lowest BCUT2D eigenvalue weighted by molar-refractivity contribution is -0.138. The van der Waals surface area contributed by atoms with E-state index in [0.29, 0.717) is 23.4 Å². The van der Waals surface area contributed by atoms with E-state index >= 15 is 0 Å². The Bertz CT molecular complexity index is 744. The van der Waals surface area contributed by atoms with Gasteiger partial charge < -0.3 is 5.32 Å². The highest BCUT2D eigenvalue weighted by Gasteiger charge is 2.39. The summed E-state index contributed by atoms with van der Waals surface area (Å²) in [4.78, 5) is 12.7. The van der Waals surface area contributed by atoms with E-state index in [4.69, 9.17) is 0 Å². The van der Waals surface area contributed by atoms with Gasteiger partial charge in [0, 0.05) is 12.0 Å². The first-order chi connectivity index (χ1) is 11.4. The fourth-order valence-corrected chi connectivity index (χ4v) is 3.82. The number of nitrogens with zero attached hydrogens (tertiary/aromatic N) is 2. The Morgan fingerprint density at radius 2 is 2.04 bits per heavy atom. The monoisotopic (exact) mass is 355 g/mol. The molecule has 1 fully saturated rings. The molecule has 1 aliphatic carbocycles. The smallest absolute Gasteiger partial charge is 0.348 e. The molecule has 2 unspecified atom stereocenters. The molecule has 0 aliphatic heterocycles. The number of aromatic nitrogens is 2. The molecule has 0 bridgehead atoms. The number of rotatable bonds is 3. The summed E-state index contributed by atoms with van der Waals surface area (Å²) in [5.41, 5.74) is 0.168. The van der Waals surface area contributed by atoms with Gasteiger partial charge in [-0.25, -0.2) is 0 Å². The topological polar surface area (TPSA) is 54.9 Å². The van der Waals surface area contributed by atoms with Gasteiger partial charge in [0.2, 0.25) is 0 Å². The molecule has 1 aliphatic rings. The van der Waals surface area contributed by atoms with Gasteiger partial charge in [0.25, 0.3) is 5.91 Å². The standard InChI is InChI=1S/C16H16F3N3OS/c1-9-14(24-22-21-9)15(23)20-13-8-4-6-11(13)10-5-2-3-7-12(10)16(17,18)19/h2-3,5,7,11,13H,4,6,8H2,1H3,(H,20,23). The third-order valence-electron chi connectivity index (χ3n) is 4.36. The van der Waals surface area contributed by atoms with E-state index in [1.165, 1.54) is 12.1 Å². The summed E-state index contributed by atoms with van der Waals surface area (Å²) >= 11 is 0.992. The van der Waals surface area contributed by atoms with Crippen molar-refractivity contribution in [1.82, 2.24) is 14.9 Å². The Hall–Kier alpha value is -1.96. The van der Waals surface area contributed by atoms with Crippen LogP contribution in [-0.2, 0) is 6.18 Å². The summed E-state index contributed by atoms with van der Waals surface area (Å²) in [5.74, 6) is -0.656. The van der Waals surface area contributed by atoms with Gasteiger partial charge >= 0.3 is 6.18 Å². The lowest BCUT2D eigenvalue weighted by Crippen LogP contribution is -2.37. The molecule has 1 aromatic carbocycles. The molecule has 0 saturated heterocycles. The summed E-state index contributed by atoms with van der Waals surface area (Å²) < 4.78 is 43.5. The molecule has 0 radical (unpaired) electrons. The van der Waals surface area contributed by atoms with Crippen LogP contribution in [0.3, 0.4) is 0 Å². The molecule has 1 heterocycles. The van der Waals surface area contributed by atoms with Gasteiger partial charge in [-0.1, -0.05) is 29.1 Å². The van der Waals surface area contributed by atoms with E-state index in [0.717, 1.165) is 24.0 Å². The van der Waals surface area contributed by atoms with Crippen LogP contribution in [0.15, 0.2) is 24.3 Å². The number of hydrogen-bond donors (Lipinski definition) is 1. The molecular weight excluding hydrogens is 339 g/mol. The first-order valence-electron chi connectivity index (χ1n) is 7.64. The predicted molar refractivity (Wildman–Crippen MR) is 83.9 cm³/mol. The molecule has 24 heavy (non-hydrogen) atoms. The number of alkyl halides is 3. The summed E-state index contributed by atoms with van der Waals surface area (Å²) in [5, 5.41) is 6.67. The van der Waals surface area contributed by atoms with Crippen molar-refractivity contribution in [1.29, 1.82) is 0 Å². The number of nitrogens with one attached hydrogen (secondary N) is 1. The van der Waals surface area contributed by atoms with Crippen LogP contribution in [0.4, 0.5) is 13.2 Å². The second-order valence-electron chi connectivity index (χ2n) is 5.89. The molecule has 3 rings (SSSR count). The minimum atomic E-state index is -4.40. The molecule has 8 heteroatoms. The maximum atomic E-state index is 13.3. The molecule has 128 valence electrons. The SMILES string of the molecule is Cc1nnsc1C(=O)NC1CCCC1c1ccccc1C(F)(F)F. The fraction of sp³-hybridized carbons (Fsp3) is 0.438. The minimum absolute atomic E-state index is 0.256. The van der Waals surface area contributed by atoms with E-state index in [1.807, 2.05) is 0 Å². The van der Waals surface area contributed by atoms with E-state index in [2.05, 4.69) is 14.9 Å². The zero-order chi connectivity index (χ0) is 17.3. The summed E-state index contributed by atoms with van der Waals surface area (Å²) in [6, 6.07) is 5.30. The molecule has 1 amide bonds. The number of hydrogen-bond acceptors (Lipinski definition) is 4. The van der Waals surface area contributed by atoms with E-state index < -0.39 is 11.7 Å². The Morgan fingerprint density at radius 1 is 1.29 bits per heavy atom. The van der Waals surface area contributed by atoms with Crippen LogP contribution in [-0.4, -0.2) is 21.5 Å². The fourth-order valence-electron chi connectivity index (χ4n) is 3.26. The van der Waals surface area contributed by atoms with Gasteiger partial charge in [-0.2, -0.15) is 13.2 Å². The van der Waals surface area contributed by atoms with Crippen molar-refractivity contribution in [3.8, 4) is 0 Å². The van der Waals surface area contributed by atoms with Crippen molar-refractivity contribution < 1.29 is 18.0 Å². The molecule has 0 spiro atoms. The second kappa shape index (κ2) is 6.51. The van der Waals surface area contributed by atoms with Gasteiger partial charge in [-0.15, -0.1) is 5.10 Å². The summed E-state index contributed by atoms with van der Waals surface area (Å²) in [6.45, 7) is 1.68. The molecule has 1 aromatic heterocycles. The molecule has 1 N–H and O–H groups in total. The highest BCUT2D eigenvalue weighted by molar-refractivity contribution is 7.08. The van der Waals surface area contributed by atoms with Crippen molar-refractivity contribution in [2.45, 2.75) is 44.3 Å². The molecular formula is C16H16F3N3OS. The third-order valence-corrected chi connectivity index (χ3v) is 5.18. The maximum Gasteiger partial charge on any atom is 0.416 e. The summed E-state index contributed by atoms with van der Waals surface area (Å²) in [6.07, 6.45) is -2.33. The lowest BCUT2D eigenvalue weighted by Gasteiger charge is -2.24. The number of carbonyl (C=O) groups excluding carboxylic acids is 1. The first kappa shape index (κ1) is 16.9. The quantitative estimate of drug-likeness (QED) is 0.908. The third kappa shape index (κ3) is 3.28. The molecule has 2 aromatic rings. The Morgan fingerprint density at radius 3 is 2.71 bits per heavy atom.